The van der Waals surface area contributed by atoms with Crippen molar-refractivity contribution in [2.24, 2.45) is 0 Å². The van der Waals surface area contributed by atoms with Crippen LogP contribution in [-0.2, 0) is 11.2 Å². The minimum atomic E-state index is -0.418. The highest BCUT2D eigenvalue weighted by Gasteiger charge is 2.28. The molecule has 0 spiro atoms. The van der Waals surface area contributed by atoms with Crippen LogP contribution in [0.5, 0.6) is 5.75 Å². The Hall–Kier alpha value is -3.03. The Labute approximate surface area is 171 Å². The Morgan fingerprint density at radius 1 is 1.28 bits per heavy atom. The van der Waals surface area contributed by atoms with Crippen LogP contribution >= 0.6 is 11.3 Å². The first-order valence-electron chi connectivity index (χ1n) is 9.52. The number of hydrogen-bond donors (Lipinski definition) is 2. The number of allylic oxidation sites excluding steroid dienone is 4. The summed E-state index contributed by atoms with van der Waals surface area (Å²) in [4.78, 5) is 12.5. The van der Waals surface area contributed by atoms with Crippen LogP contribution in [-0.4, -0.2) is 33.4 Å². The molecule has 1 aromatic carbocycles. The number of rotatable bonds is 3. The number of fused-ring (bicyclic) bond motifs is 2. The second kappa shape index (κ2) is 7.42. The number of hydrogen-bond acceptors (Lipinski definition) is 6. The Balaban J connectivity index is 1.35. The molecule has 1 amide bonds. The molecule has 2 aromatic rings. The third-order valence-corrected chi connectivity index (χ3v) is 6.05. The molecule has 2 unspecified atom stereocenters. The van der Waals surface area contributed by atoms with E-state index in [0.717, 1.165) is 21.2 Å². The first kappa shape index (κ1) is 18.0. The molecule has 2 heterocycles. The van der Waals surface area contributed by atoms with Gasteiger partial charge < -0.3 is 15.2 Å². The van der Waals surface area contributed by atoms with Crippen LogP contribution in [0.25, 0.3) is 5.57 Å². The fraction of sp³-hybridized carbons (Fsp3) is 0.227. The predicted octanol–water partition coefficient (Wildman–Crippen LogP) is 3.42. The standard InChI is InChI=1S/C22H19N3O3S/c26-15-8-6-14(7-9-15)22-25-24-20(29-22)12-13-5-10-19-17(11-13)23-21(27)16-3-1-2-4-18(16)28-19/h1-3,5-8,10-11,15,18,26H,4,9,12H2,(H,23,27). The third-order valence-electron chi connectivity index (χ3n) is 5.08. The van der Waals surface area contributed by atoms with Crippen molar-refractivity contribution in [1.29, 1.82) is 0 Å². The van der Waals surface area contributed by atoms with Crippen LogP contribution in [0.1, 0.15) is 28.4 Å². The first-order chi connectivity index (χ1) is 14.2. The quantitative estimate of drug-likeness (QED) is 0.817. The van der Waals surface area contributed by atoms with E-state index in [4.69, 9.17) is 4.74 Å². The zero-order valence-electron chi connectivity index (χ0n) is 15.5. The first-order valence-corrected chi connectivity index (χ1v) is 10.3. The van der Waals surface area contributed by atoms with Gasteiger partial charge in [-0.25, -0.2) is 0 Å². The van der Waals surface area contributed by atoms with E-state index in [2.05, 4.69) is 15.5 Å². The Morgan fingerprint density at radius 3 is 3.07 bits per heavy atom. The number of aliphatic hydroxyl groups excluding tert-OH is 1. The normalized spacial score (nSPS) is 22.6. The van der Waals surface area contributed by atoms with Crippen molar-refractivity contribution in [3.63, 3.8) is 0 Å². The molecule has 6 nitrogen and oxygen atoms in total. The average Bonchev–Trinajstić information content (AvgIpc) is 3.13. The molecular formula is C22H19N3O3S. The van der Waals surface area contributed by atoms with Gasteiger partial charge in [-0.15, -0.1) is 10.2 Å². The van der Waals surface area contributed by atoms with E-state index in [9.17, 15) is 9.90 Å². The Kier molecular flexibility index (Phi) is 4.61. The minimum absolute atomic E-state index is 0.119. The van der Waals surface area contributed by atoms with Crippen LogP contribution < -0.4 is 10.1 Å². The molecule has 29 heavy (non-hydrogen) atoms. The fourth-order valence-corrected chi connectivity index (χ4v) is 4.46. The molecular weight excluding hydrogens is 386 g/mol. The molecule has 146 valence electrons. The van der Waals surface area contributed by atoms with Gasteiger partial charge in [-0.05, 0) is 24.1 Å². The maximum atomic E-state index is 12.5. The van der Waals surface area contributed by atoms with Crippen LogP contribution in [0, 0.1) is 0 Å². The van der Waals surface area contributed by atoms with E-state index in [1.165, 1.54) is 11.3 Å². The SMILES string of the molecule is O=C1Nc2cc(Cc3nnc(C4=CCC(O)C=C4)s3)ccc2OC2CC=CC=C12. The van der Waals surface area contributed by atoms with Gasteiger partial charge >= 0.3 is 0 Å². The maximum absolute atomic E-state index is 12.5. The second-order valence-corrected chi connectivity index (χ2v) is 8.24. The third kappa shape index (κ3) is 3.66. The number of carbonyl (C=O) groups is 1. The summed E-state index contributed by atoms with van der Waals surface area (Å²) in [5, 5.41) is 22.9. The lowest BCUT2D eigenvalue weighted by molar-refractivity contribution is -0.113. The number of carbonyl (C=O) groups excluding carboxylic acids is 1. The summed E-state index contributed by atoms with van der Waals surface area (Å²) in [7, 11) is 0. The highest BCUT2D eigenvalue weighted by Crippen LogP contribution is 2.34. The van der Waals surface area contributed by atoms with Crippen molar-refractivity contribution >= 4 is 28.5 Å². The van der Waals surface area contributed by atoms with Crippen molar-refractivity contribution in [3.8, 4) is 5.75 Å². The Morgan fingerprint density at radius 2 is 2.21 bits per heavy atom. The zero-order chi connectivity index (χ0) is 19.8. The van der Waals surface area contributed by atoms with E-state index >= 15 is 0 Å². The predicted molar refractivity (Wildman–Crippen MR) is 112 cm³/mol. The van der Waals surface area contributed by atoms with Crippen molar-refractivity contribution in [2.75, 3.05) is 5.32 Å². The zero-order valence-corrected chi connectivity index (χ0v) is 16.4. The van der Waals surface area contributed by atoms with Gasteiger partial charge in [-0.3, -0.25) is 4.79 Å². The van der Waals surface area contributed by atoms with Gasteiger partial charge in [0.1, 0.15) is 21.9 Å². The smallest absolute Gasteiger partial charge is 0.255 e. The van der Waals surface area contributed by atoms with E-state index in [0.29, 0.717) is 36.3 Å². The van der Waals surface area contributed by atoms with Crippen molar-refractivity contribution < 1.29 is 14.6 Å². The summed E-state index contributed by atoms with van der Waals surface area (Å²) in [6, 6.07) is 5.84. The van der Waals surface area contributed by atoms with Gasteiger partial charge in [0.2, 0.25) is 0 Å². The summed E-state index contributed by atoms with van der Waals surface area (Å²) < 4.78 is 6.06. The lowest BCUT2D eigenvalue weighted by Crippen LogP contribution is -2.25. The summed E-state index contributed by atoms with van der Waals surface area (Å²) in [5.74, 6) is 0.562. The number of amides is 1. The number of nitrogens with one attached hydrogen (secondary N) is 1. The lowest BCUT2D eigenvalue weighted by Gasteiger charge is -2.18. The molecule has 0 bridgehead atoms. The number of aliphatic hydroxyl groups is 1. The van der Waals surface area contributed by atoms with Gasteiger partial charge in [0.25, 0.3) is 5.91 Å². The molecule has 3 aliphatic rings. The number of aromatic nitrogens is 2. The van der Waals surface area contributed by atoms with E-state index < -0.39 is 6.10 Å². The monoisotopic (exact) mass is 405 g/mol. The maximum Gasteiger partial charge on any atom is 0.255 e. The molecule has 2 atom stereocenters. The molecule has 5 rings (SSSR count). The molecule has 0 saturated heterocycles. The van der Waals surface area contributed by atoms with E-state index in [-0.39, 0.29) is 12.0 Å². The van der Waals surface area contributed by atoms with Crippen molar-refractivity contribution in [3.05, 3.63) is 75.8 Å². The van der Waals surface area contributed by atoms with Gasteiger partial charge in [0.05, 0.1) is 17.4 Å². The second-order valence-electron chi connectivity index (χ2n) is 7.18. The lowest BCUT2D eigenvalue weighted by atomic mass is 10.0. The molecule has 2 N–H and O–H groups in total. The van der Waals surface area contributed by atoms with E-state index in [1.807, 2.05) is 48.6 Å². The van der Waals surface area contributed by atoms with Gasteiger partial charge in [-0.1, -0.05) is 53.9 Å². The molecule has 0 radical (unpaired) electrons. The van der Waals surface area contributed by atoms with Crippen molar-refractivity contribution in [2.45, 2.75) is 31.5 Å². The molecule has 1 aliphatic heterocycles. The van der Waals surface area contributed by atoms with E-state index in [1.54, 1.807) is 6.08 Å². The van der Waals surface area contributed by atoms with Crippen molar-refractivity contribution in [1.82, 2.24) is 10.2 Å². The number of nitrogens with zero attached hydrogens (tertiary/aromatic N) is 2. The van der Waals surface area contributed by atoms with Crippen LogP contribution in [0.2, 0.25) is 0 Å². The fourth-order valence-electron chi connectivity index (χ4n) is 3.56. The minimum Gasteiger partial charge on any atom is -0.483 e. The number of ether oxygens (including phenoxy) is 1. The number of benzene rings is 1. The van der Waals surface area contributed by atoms with Gasteiger partial charge in [0.15, 0.2) is 0 Å². The van der Waals surface area contributed by atoms with Gasteiger partial charge in [-0.2, -0.15) is 0 Å². The summed E-state index contributed by atoms with van der Waals surface area (Å²) in [6.07, 6.45) is 12.6. The summed E-state index contributed by atoms with van der Waals surface area (Å²) >= 11 is 1.53. The molecule has 0 fully saturated rings. The summed E-state index contributed by atoms with van der Waals surface area (Å²) in [6.45, 7) is 0. The highest BCUT2D eigenvalue weighted by molar-refractivity contribution is 7.12. The van der Waals surface area contributed by atoms with Crippen LogP contribution in [0.3, 0.4) is 0 Å². The van der Waals surface area contributed by atoms with Gasteiger partial charge in [0, 0.05) is 18.4 Å². The van der Waals surface area contributed by atoms with Crippen LogP contribution in [0.4, 0.5) is 5.69 Å². The molecule has 2 aliphatic carbocycles. The molecule has 1 aromatic heterocycles. The average molecular weight is 405 g/mol. The molecule has 7 heteroatoms. The highest BCUT2D eigenvalue weighted by atomic mass is 32.1. The number of anilines is 1. The Bertz CT molecular complexity index is 1100. The largest absolute Gasteiger partial charge is 0.483 e. The van der Waals surface area contributed by atoms with Crippen LogP contribution in [0.15, 0.2) is 60.2 Å². The topological polar surface area (TPSA) is 84.3 Å². The summed E-state index contributed by atoms with van der Waals surface area (Å²) in [5.41, 5.74) is 3.35. The molecule has 0 saturated carbocycles.